The molecule has 0 radical (unpaired) electrons. The van der Waals surface area contributed by atoms with E-state index >= 15 is 0 Å². The lowest BCUT2D eigenvalue weighted by Gasteiger charge is -2.06. The molecule has 0 aliphatic carbocycles. The summed E-state index contributed by atoms with van der Waals surface area (Å²) >= 11 is 0. The van der Waals surface area contributed by atoms with Gasteiger partial charge in [-0.25, -0.2) is 0 Å². The Balaban J connectivity index is 2.99. The van der Waals surface area contributed by atoms with Gasteiger partial charge in [-0.15, -0.1) is 0 Å². The van der Waals surface area contributed by atoms with Crippen molar-refractivity contribution < 1.29 is 9.47 Å². The maximum absolute atomic E-state index is 5.31. The van der Waals surface area contributed by atoms with Crippen LogP contribution in [0.3, 0.4) is 0 Å². The number of likely N-dealkylation sites (N-methyl/N-ethyl adjacent to an activating group) is 1. The molecule has 0 bridgehead atoms. The highest BCUT2D eigenvalue weighted by molar-refractivity contribution is 4.82. The second kappa shape index (κ2) is 9.71. The molecule has 3 heteroatoms. The molecule has 0 aromatic carbocycles. The summed E-state index contributed by atoms with van der Waals surface area (Å²) in [7, 11) is 1.92. The molecule has 0 aliphatic rings. The Morgan fingerprint density at radius 2 is 2.00 bits per heavy atom. The molecule has 0 spiro atoms. The zero-order chi connectivity index (χ0) is 9.94. The third-order valence-corrected chi connectivity index (χ3v) is 1.38. The molecule has 0 heterocycles. The van der Waals surface area contributed by atoms with Crippen molar-refractivity contribution >= 4 is 0 Å². The van der Waals surface area contributed by atoms with Gasteiger partial charge >= 0.3 is 0 Å². The van der Waals surface area contributed by atoms with Crippen molar-refractivity contribution in [1.29, 1.82) is 0 Å². The summed E-state index contributed by atoms with van der Waals surface area (Å²) in [6.07, 6.45) is 4.35. The molecule has 0 amide bonds. The normalized spacial score (nSPS) is 11.7. The van der Waals surface area contributed by atoms with E-state index in [9.17, 15) is 0 Å². The predicted octanol–water partition coefficient (Wildman–Crippen LogP) is 1.20. The van der Waals surface area contributed by atoms with Crippen LogP contribution in [0.2, 0.25) is 0 Å². The first-order chi connectivity index (χ1) is 6.27. The summed E-state index contributed by atoms with van der Waals surface area (Å²) in [6, 6.07) is 0. The van der Waals surface area contributed by atoms with Crippen LogP contribution in [-0.2, 0) is 9.47 Å². The lowest BCUT2D eigenvalue weighted by molar-refractivity contribution is 0.0268. The van der Waals surface area contributed by atoms with Crippen LogP contribution >= 0.6 is 0 Å². The minimum Gasteiger partial charge on any atom is -0.376 e. The average Bonchev–Trinajstić information content (AvgIpc) is 2.09. The summed E-state index contributed by atoms with van der Waals surface area (Å²) in [4.78, 5) is 0. The molecule has 0 unspecified atom stereocenters. The standard InChI is InChI=1S/C10H21NO2/c1-10(2)13-9-8-12-7-5-4-6-11-3/h4-5,10-11H,6-9H2,1-3H3/b5-4+. The first-order valence-corrected chi connectivity index (χ1v) is 4.76. The molecular weight excluding hydrogens is 166 g/mol. The first kappa shape index (κ1) is 12.6. The molecular formula is C10H21NO2. The molecule has 13 heavy (non-hydrogen) atoms. The quantitative estimate of drug-likeness (QED) is 0.457. The topological polar surface area (TPSA) is 30.5 Å². The lowest BCUT2D eigenvalue weighted by atomic mass is 10.5. The molecule has 0 atom stereocenters. The summed E-state index contributed by atoms with van der Waals surface area (Å²) in [5.41, 5.74) is 0. The van der Waals surface area contributed by atoms with Crippen molar-refractivity contribution in [2.45, 2.75) is 20.0 Å². The number of hydrogen-bond donors (Lipinski definition) is 1. The van der Waals surface area contributed by atoms with Crippen LogP contribution in [0.25, 0.3) is 0 Å². The van der Waals surface area contributed by atoms with Crippen molar-refractivity contribution in [2.24, 2.45) is 0 Å². The van der Waals surface area contributed by atoms with E-state index < -0.39 is 0 Å². The highest BCUT2D eigenvalue weighted by atomic mass is 16.5. The van der Waals surface area contributed by atoms with Gasteiger partial charge in [0, 0.05) is 6.54 Å². The second-order valence-electron chi connectivity index (χ2n) is 3.02. The zero-order valence-corrected chi connectivity index (χ0v) is 8.88. The minimum absolute atomic E-state index is 0.295. The zero-order valence-electron chi connectivity index (χ0n) is 8.88. The van der Waals surface area contributed by atoms with Gasteiger partial charge in [-0.2, -0.15) is 0 Å². The molecule has 0 saturated carbocycles. The van der Waals surface area contributed by atoms with E-state index in [1.807, 2.05) is 33.0 Å². The van der Waals surface area contributed by atoms with E-state index in [1.165, 1.54) is 0 Å². The Bertz CT molecular complexity index is 124. The van der Waals surface area contributed by atoms with Gasteiger partial charge in [-0.1, -0.05) is 12.2 Å². The molecule has 0 aliphatic heterocycles. The van der Waals surface area contributed by atoms with E-state index in [1.54, 1.807) is 0 Å². The van der Waals surface area contributed by atoms with Crippen LogP contribution in [0.15, 0.2) is 12.2 Å². The number of hydrogen-bond acceptors (Lipinski definition) is 3. The van der Waals surface area contributed by atoms with Crippen molar-refractivity contribution in [2.75, 3.05) is 33.4 Å². The van der Waals surface area contributed by atoms with Gasteiger partial charge in [-0.05, 0) is 20.9 Å². The first-order valence-electron chi connectivity index (χ1n) is 4.76. The van der Waals surface area contributed by atoms with Gasteiger partial charge in [0.2, 0.25) is 0 Å². The molecule has 0 aromatic heterocycles. The van der Waals surface area contributed by atoms with Gasteiger partial charge in [0.15, 0.2) is 0 Å². The summed E-state index contributed by atoms with van der Waals surface area (Å²) in [5.74, 6) is 0. The maximum Gasteiger partial charge on any atom is 0.0704 e. The van der Waals surface area contributed by atoms with Gasteiger partial charge in [0.05, 0.1) is 25.9 Å². The maximum atomic E-state index is 5.31. The monoisotopic (exact) mass is 187 g/mol. The van der Waals surface area contributed by atoms with Crippen molar-refractivity contribution in [1.82, 2.24) is 5.32 Å². The molecule has 3 nitrogen and oxygen atoms in total. The molecule has 0 aromatic rings. The summed E-state index contributed by atoms with van der Waals surface area (Å²) in [6.45, 7) is 6.95. The smallest absolute Gasteiger partial charge is 0.0704 e. The summed E-state index contributed by atoms with van der Waals surface area (Å²) in [5, 5.41) is 3.02. The number of nitrogens with one attached hydrogen (secondary N) is 1. The fourth-order valence-electron chi connectivity index (χ4n) is 0.763. The van der Waals surface area contributed by atoms with Crippen LogP contribution in [-0.4, -0.2) is 39.5 Å². The number of rotatable bonds is 8. The van der Waals surface area contributed by atoms with E-state index in [0.717, 1.165) is 6.54 Å². The van der Waals surface area contributed by atoms with Gasteiger partial charge in [0.25, 0.3) is 0 Å². The van der Waals surface area contributed by atoms with Crippen molar-refractivity contribution in [3.8, 4) is 0 Å². The van der Waals surface area contributed by atoms with Crippen molar-refractivity contribution in [3.63, 3.8) is 0 Å². The second-order valence-corrected chi connectivity index (χ2v) is 3.02. The average molecular weight is 187 g/mol. The summed E-state index contributed by atoms with van der Waals surface area (Å²) < 4.78 is 10.6. The minimum atomic E-state index is 0.295. The van der Waals surface area contributed by atoms with Crippen LogP contribution in [0.5, 0.6) is 0 Å². The van der Waals surface area contributed by atoms with Gasteiger partial charge < -0.3 is 14.8 Å². The van der Waals surface area contributed by atoms with Crippen LogP contribution in [0, 0.1) is 0 Å². The molecule has 0 rings (SSSR count). The predicted molar refractivity (Wildman–Crippen MR) is 55.0 cm³/mol. The van der Waals surface area contributed by atoms with Crippen molar-refractivity contribution in [3.05, 3.63) is 12.2 Å². The largest absolute Gasteiger partial charge is 0.376 e. The van der Waals surface area contributed by atoms with E-state index in [-0.39, 0.29) is 0 Å². The van der Waals surface area contributed by atoms with E-state index in [2.05, 4.69) is 5.32 Å². The lowest BCUT2D eigenvalue weighted by Crippen LogP contribution is -2.09. The Labute approximate surface area is 81.1 Å². The van der Waals surface area contributed by atoms with E-state index in [4.69, 9.17) is 9.47 Å². The fraction of sp³-hybridized carbons (Fsp3) is 0.800. The van der Waals surface area contributed by atoms with Crippen LogP contribution < -0.4 is 5.32 Å². The Hall–Kier alpha value is -0.380. The van der Waals surface area contributed by atoms with Crippen LogP contribution in [0.4, 0.5) is 0 Å². The Morgan fingerprint density at radius 3 is 2.62 bits per heavy atom. The third kappa shape index (κ3) is 11.6. The van der Waals surface area contributed by atoms with E-state index in [0.29, 0.717) is 25.9 Å². The van der Waals surface area contributed by atoms with Gasteiger partial charge in [-0.3, -0.25) is 0 Å². The Kier molecular flexibility index (Phi) is 9.42. The molecule has 0 fully saturated rings. The highest BCUT2D eigenvalue weighted by Crippen LogP contribution is 1.87. The third-order valence-electron chi connectivity index (χ3n) is 1.38. The fourth-order valence-corrected chi connectivity index (χ4v) is 0.763. The molecule has 78 valence electrons. The number of ether oxygens (including phenoxy) is 2. The SMILES string of the molecule is CNC/C=C/COCCOC(C)C. The van der Waals surface area contributed by atoms with Gasteiger partial charge in [0.1, 0.15) is 0 Å². The molecule has 0 saturated heterocycles. The highest BCUT2D eigenvalue weighted by Gasteiger charge is 1.91. The Morgan fingerprint density at radius 1 is 1.23 bits per heavy atom. The molecule has 1 N–H and O–H groups in total. The van der Waals surface area contributed by atoms with Crippen LogP contribution in [0.1, 0.15) is 13.8 Å².